The number of esters is 1. The smallest absolute Gasteiger partial charge is 0.338 e. The van der Waals surface area contributed by atoms with Crippen molar-refractivity contribution in [1.82, 2.24) is 20.2 Å². The summed E-state index contributed by atoms with van der Waals surface area (Å²) in [5.41, 5.74) is 1.57. The fraction of sp³-hybridized carbons (Fsp3) is 0.250. The predicted octanol–water partition coefficient (Wildman–Crippen LogP) is 2.59. The second-order valence-electron chi connectivity index (χ2n) is 6.05. The number of tetrazole rings is 1. The van der Waals surface area contributed by atoms with Gasteiger partial charge in [-0.3, -0.25) is 4.79 Å². The maximum Gasteiger partial charge on any atom is 0.338 e. The molecule has 0 saturated carbocycles. The fourth-order valence-corrected chi connectivity index (χ4v) is 3.30. The van der Waals surface area contributed by atoms with Gasteiger partial charge in [0, 0.05) is 11.8 Å². The van der Waals surface area contributed by atoms with E-state index in [9.17, 15) is 9.59 Å². The van der Waals surface area contributed by atoms with E-state index in [4.69, 9.17) is 14.2 Å². The highest BCUT2D eigenvalue weighted by Gasteiger charge is 2.16. The minimum Gasteiger partial charge on any atom is -0.497 e. The molecule has 162 valence electrons. The van der Waals surface area contributed by atoms with Crippen molar-refractivity contribution >= 4 is 29.3 Å². The van der Waals surface area contributed by atoms with E-state index in [1.165, 1.54) is 16.4 Å². The number of methoxy groups -OCH3 is 2. The van der Waals surface area contributed by atoms with Gasteiger partial charge in [0.05, 0.1) is 32.1 Å². The van der Waals surface area contributed by atoms with Crippen LogP contribution in [0, 0.1) is 0 Å². The topological polar surface area (TPSA) is 117 Å². The maximum absolute atomic E-state index is 12.4. The van der Waals surface area contributed by atoms with Crippen molar-refractivity contribution in [1.29, 1.82) is 0 Å². The second-order valence-corrected chi connectivity index (χ2v) is 6.99. The number of amides is 1. The molecule has 0 saturated heterocycles. The molecule has 0 aliphatic rings. The molecule has 0 atom stereocenters. The molecule has 0 aliphatic carbocycles. The number of anilines is 1. The number of carbonyl (C=O) groups is 2. The van der Waals surface area contributed by atoms with Crippen LogP contribution in [-0.4, -0.2) is 58.7 Å². The Bertz CT molecular complexity index is 1050. The Hall–Kier alpha value is -3.60. The summed E-state index contributed by atoms with van der Waals surface area (Å²) >= 11 is 1.17. The number of nitrogens with one attached hydrogen (secondary N) is 1. The molecule has 3 rings (SSSR count). The summed E-state index contributed by atoms with van der Waals surface area (Å²) in [4.78, 5) is 24.1. The first kappa shape index (κ1) is 22.1. The van der Waals surface area contributed by atoms with Gasteiger partial charge in [0.25, 0.3) is 0 Å². The van der Waals surface area contributed by atoms with Crippen molar-refractivity contribution in [3.63, 3.8) is 0 Å². The molecule has 0 unspecified atom stereocenters. The van der Waals surface area contributed by atoms with Gasteiger partial charge in [-0.1, -0.05) is 11.8 Å². The van der Waals surface area contributed by atoms with Crippen LogP contribution in [0.25, 0.3) is 5.69 Å². The Balaban J connectivity index is 1.65. The highest BCUT2D eigenvalue weighted by Crippen LogP contribution is 2.29. The van der Waals surface area contributed by atoms with Gasteiger partial charge in [-0.15, -0.1) is 5.10 Å². The highest BCUT2D eigenvalue weighted by molar-refractivity contribution is 7.99. The largest absolute Gasteiger partial charge is 0.497 e. The number of thioether (sulfide) groups is 1. The normalized spacial score (nSPS) is 10.4. The molecule has 1 N–H and O–H groups in total. The summed E-state index contributed by atoms with van der Waals surface area (Å²) in [6, 6.07) is 11.7. The van der Waals surface area contributed by atoms with Gasteiger partial charge in [0.1, 0.15) is 17.2 Å². The first-order chi connectivity index (χ1) is 15.0. The molecule has 0 aliphatic heterocycles. The quantitative estimate of drug-likeness (QED) is 0.393. The first-order valence-electron chi connectivity index (χ1n) is 9.26. The maximum atomic E-state index is 12.4. The van der Waals surface area contributed by atoms with E-state index in [2.05, 4.69) is 20.8 Å². The number of rotatable bonds is 9. The van der Waals surface area contributed by atoms with E-state index in [1.54, 1.807) is 63.6 Å². The summed E-state index contributed by atoms with van der Waals surface area (Å²) in [6.07, 6.45) is 0. The van der Waals surface area contributed by atoms with E-state index in [1.807, 2.05) is 0 Å². The van der Waals surface area contributed by atoms with Crippen LogP contribution in [0.15, 0.2) is 47.6 Å². The number of aromatic nitrogens is 4. The summed E-state index contributed by atoms with van der Waals surface area (Å²) in [5.74, 6) is 0.593. The monoisotopic (exact) mass is 443 g/mol. The molecule has 0 fully saturated rings. The van der Waals surface area contributed by atoms with E-state index in [0.29, 0.717) is 40.2 Å². The van der Waals surface area contributed by atoms with E-state index in [-0.39, 0.29) is 11.7 Å². The standard InChI is InChI=1S/C20H21N5O5S/c1-4-30-19(27)13-5-7-14(8-6-13)21-18(26)12-31-20-22-23-24-25(20)16-11-15(28-2)9-10-17(16)29-3/h5-11H,4,12H2,1-3H3,(H,21,26). The van der Waals surface area contributed by atoms with Crippen LogP contribution in [0.1, 0.15) is 17.3 Å². The summed E-state index contributed by atoms with van der Waals surface area (Å²) in [6.45, 7) is 2.04. The van der Waals surface area contributed by atoms with Crippen LogP contribution < -0.4 is 14.8 Å². The van der Waals surface area contributed by atoms with Crippen molar-refractivity contribution in [2.45, 2.75) is 12.1 Å². The van der Waals surface area contributed by atoms with E-state index >= 15 is 0 Å². The van der Waals surface area contributed by atoms with Crippen LogP contribution in [0.3, 0.4) is 0 Å². The molecule has 0 spiro atoms. The van der Waals surface area contributed by atoms with Crippen LogP contribution in [0.5, 0.6) is 11.5 Å². The average Bonchev–Trinajstić information content (AvgIpc) is 3.26. The van der Waals surface area contributed by atoms with Gasteiger partial charge in [-0.05, 0) is 53.7 Å². The lowest BCUT2D eigenvalue weighted by molar-refractivity contribution is -0.113. The Morgan fingerprint density at radius 2 is 1.87 bits per heavy atom. The van der Waals surface area contributed by atoms with Crippen LogP contribution in [-0.2, 0) is 9.53 Å². The first-order valence-corrected chi connectivity index (χ1v) is 10.2. The third-order valence-corrected chi connectivity index (χ3v) is 4.99. The zero-order valence-electron chi connectivity index (χ0n) is 17.2. The third kappa shape index (κ3) is 5.51. The molecule has 10 nitrogen and oxygen atoms in total. The van der Waals surface area contributed by atoms with Crippen LogP contribution >= 0.6 is 11.8 Å². The fourth-order valence-electron chi connectivity index (χ4n) is 2.61. The lowest BCUT2D eigenvalue weighted by atomic mass is 10.2. The molecule has 3 aromatic rings. The van der Waals surface area contributed by atoms with Gasteiger partial charge >= 0.3 is 5.97 Å². The van der Waals surface area contributed by atoms with Crippen molar-refractivity contribution in [2.75, 3.05) is 31.9 Å². The van der Waals surface area contributed by atoms with Gasteiger partial charge in [-0.25, -0.2) is 4.79 Å². The van der Waals surface area contributed by atoms with Crippen molar-refractivity contribution in [2.24, 2.45) is 0 Å². The Morgan fingerprint density at radius 1 is 1.10 bits per heavy atom. The van der Waals surface area contributed by atoms with Crippen molar-refractivity contribution < 1.29 is 23.8 Å². The Morgan fingerprint density at radius 3 is 2.55 bits per heavy atom. The third-order valence-electron chi connectivity index (χ3n) is 4.07. The lowest BCUT2D eigenvalue weighted by Crippen LogP contribution is -2.15. The number of hydrogen-bond donors (Lipinski definition) is 1. The number of carbonyl (C=O) groups excluding carboxylic acids is 2. The van der Waals surface area contributed by atoms with Crippen molar-refractivity contribution in [3.8, 4) is 17.2 Å². The SMILES string of the molecule is CCOC(=O)c1ccc(NC(=O)CSc2nnnn2-c2cc(OC)ccc2OC)cc1. The number of ether oxygens (including phenoxy) is 3. The molecule has 31 heavy (non-hydrogen) atoms. The van der Waals surface area contributed by atoms with Gasteiger partial charge in [0.2, 0.25) is 11.1 Å². The molecule has 2 aromatic carbocycles. The molecular weight excluding hydrogens is 422 g/mol. The molecule has 1 heterocycles. The number of hydrogen-bond acceptors (Lipinski definition) is 9. The molecule has 1 aromatic heterocycles. The Kier molecular flexibility index (Phi) is 7.44. The van der Waals surface area contributed by atoms with Gasteiger partial charge in [-0.2, -0.15) is 4.68 Å². The molecule has 0 bridgehead atoms. The molecular formula is C20H21N5O5S. The summed E-state index contributed by atoms with van der Waals surface area (Å²) < 4.78 is 17.1. The number of nitrogens with zero attached hydrogens (tertiary/aromatic N) is 4. The minimum atomic E-state index is -0.407. The van der Waals surface area contributed by atoms with E-state index in [0.717, 1.165) is 0 Å². The lowest BCUT2D eigenvalue weighted by Gasteiger charge is -2.11. The minimum absolute atomic E-state index is 0.0757. The zero-order valence-corrected chi connectivity index (χ0v) is 18.0. The highest BCUT2D eigenvalue weighted by atomic mass is 32.2. The van der Waals surface area contributed by atoms with Crippen LogP contribution in [0.4, 0.5) is 5.69 Å². The number of benzene rings is 2. The molecule has 1 amide bonds. The van der Waals surface area contributed by atoms with Gasteiger partial charge in [0.15, 0.2) is 0 Å². The van der Waals surface area contributed by atoms with Crippen molar-refractivity contribution in [3.05, 3.63) is 48.0 Å². The van der Waals surface area contributed by atoms with E-state index < -0.39 is 5.97 Å². The molecule has 11 heteroatoms. The predicted molar refractivity (Wildman–Crippen MR) is 114 cm³/mol. The zero-order chi connectivity index (χ0) is 22.2. The summed E-state index contributed by atoms with van der Waals surface area (Å²) in [7, 11) is 3.10. The van der Waals surface area contributed by atoms with Crippen LogP contribution in [0.2, 0.25) is 0 Å². The van der Waals surface area contributed by atoms with Gasteiger partial charge < -0.3 is 19.5 Å². The summed E-state index contributed by atoms with van der Waals surface area (Å²) in [5, 5.41) is 14.9. The Labute approximate surface area is 182 Å². The second kappa shape index (κ2) is 10.4. The molecule has 0 radical (unpaired) electrons. The average molecular weight is 443 g/mol.